The highest BCUT2D eigenvalue weighted by Crippen LogP contribution is 2.30. The van der Waals surface area contributed by atoms with E-state index < -0.39 is 12.0 Å². The van der Waals surface area contributed by atoms with Crippen LogP contribution >= 0.6 is 11.8 Å². The molecule has 0 amide bonds. The Balaban J connectivity index is 1.82. The first-order chi connectivity index (χ1) is 12.8. The van der Waals surface area contributed by atoms with Gasteiger partial charge >= 0.3 is 6.18 Å². The van der Waals surface area contributed by atoms with Crippen LogP contribution < -0.4 is 0 Å². The maximum absolute atomic E-state index is 12.8. The third-order valence-electron chi connectivity index (χ3n) is 4.16. The van der Waals surface area contributed by atoms with Crippen molar-refractivity contribution < 1.29 is 18.3 Å². The number of halogens is 3. The van der Waals surface area contributed by atoms with Crippen molar-refractivity contribution >= 4 is 17.3 Å². The van der Waals surface area contributed by atoms with Crippen LogP contribution in [0.4, 0.5) is 13.2 Å². The summed E-state index contributed by atoms with van der Waals surface area (Å²) in [6.45, 7) is 0.654. The second-order valence-corrected chi connectivity index (χ2v) is 6.93. The first-order valence-corrected chi connectivity index (χ1v) is 9.15. The summed E-state index contributed by atoms with van der Waals surface area (Å²) in [6.07, 6.45) is -0.912. The average Bonchev–Trinajstić information content (AvgIpc) is 3.09. The van der Waals surface area contributed by atoms with E-state index in [9.17, 15) is 23.5 Å². The van der Waals surface area contributed by atoms with Gasteiger partial charge in [-0.05, 0) is 12.8 Å². The van der Waals surface area contributed by atoms with Crippen LogP contribution in [0.5, 0.6) is 0 Å². The van der Waals surface area contributed by atoms with E-state index in [-0.39, 0.29) is 28.1 Å². The van der Waals surface area contributed by atoms with E-state index in [2.05, 4.69) is 20.4 Å². The van der Waals surface area contributed by atoms with Gasteiger partial charge in [-0.15, -0.1) is 20.4 Å². The number of nitriles is 1. The second kappa shape index (κ2) is 7.59. The fourth-order valence-corrected chi connectivity index (χ4v) is 3.59. The molecule has 2 aromatic heterocycles. The monoisotopic (exact) mass is 399 g/mol. The molecule has 0 saturated heterocycles. The van der Waals surface area contributed by atoms with Crippen LogP contribution in [-0.4, -0.2) is 40.4 Å². The standard InChI is InChI=1S/C15H16F3N7OS/c1-24-13(15(16,17)18)22-23-14(24)27-8-10(26)9(7-19)12-21-20-11-5-3-2-4-6-25(11)12/h26H,2-6,8H2,1H3/b10-9-. The fraction of sp³-hybridized carbons (Fsp3) is 0.533. The zero-order chi connectivity index (χ0) is 19.6. The highest BCUT2D eigenvalue weighted by Gasteiger charge is 2.37. The number of aromatic nitrogens is 6. The van der Waals surface area contributed by atoms with Gasteiger partial charge in [-0.2, -0.15) is 18.4 Å². The Bertz CT molecular complexity index is 910. The summed E-state index contributed by atoms with van der Waals surface area (Å²) in [5, 5.41) is 34.5. The molecule has 0 unspecified atom stereocenters. The predicted octanol–water partition coefficient (Wildman–Crippen LogP) is 2.74. The molecule has 0 saturated carbocycles. The molecule has 0 atom stereocenters. The molecule has 3 rings (SSSR count). The van der Waals surface area contributed by atoms with Crippen molar-refractivity contribution in [2.45, 2.75) is 43.6 Å². The molecule has 27 heavy (non-hydrogen) atoms. The Kier molecular flexibility index (Phi) is 5.41. The van der Waals surface area contributed by atoms with Gasteiger partial charge in [-0.1, -0.05) is 18.2 Å². The molecule has 1 aliphatic heterocycles. The van der Waals surface area contributed by atoms with Gasteiger partial charge in [0.2, 0.25) is 5.82 Å². The van der Waals surface area contributed by atoms with Crippen LogP contribution in [0, 0.1) is 11.3 Å². The van der Waals surface area contributed by atoms with Gasteiger partial charge in [0, 0.05) is 20.0 Å². The number of aliphatic hydroxyl groups is 1. The van der Waals surface area contributed by atoms with Crippen molar-refractivity contribution in [1.82, 2.24) is 29.5 Å². The minimum absolute atomic E-state index is 0.0220. The summed E-state index contributed by atoms with van der Waals surface area (Å²) in [5.41, 5.74) is -0.0404. The summed E-state index contributed by atoms with van der Waals surface area (Å²) in [4.78, 5) is 0. The van der Waals surface area contributed by atoms with E-state index in [0.29, 0.717) is 6.54 Å². The third-order valence-corrected chi connectivity index (χ3v) is 5.19. The van der Waals surface area contributed by atoms with Crippen LogP contribution in [0.15, 0.2) is 10.9 Å². The molecule has 144 valence electrons. The molecule has 0 spiro atoms. The summed E-state index contributed by atoms with van der Waals surface area (Å²) in [7, 11) is 1.19. The van der Waals surface area contributed by atoms with E-state index >= 15 is 0 Å². The smallest absolute Gasteiger partial charge is 0.451 e. The SMILES string of the molecule is Cn1c(SC/C(O)=C(\C#N)c2nnc3n2CCCCC3)nnc1C(F)(F)F. The van der Waals surface area contributed by atoms with Gasteiger partial charge in [-0.25, -0.2) is 0 Å². The van der Waals surface area contributed by atoms with Gasteiger partial charge in [0.05, 0.1) is 5.75 Å². The number of hydrogen-bond acceptors (Lipinski definition) is 7. The van der Waals surface area contributed by atoms with Crippen molar-refractivity contribution in [3.63, 3.8) is 0 Å². The molecule has 0 radical (unpaired) electrons. The number of fused-ring (bicyclic) bond motifs is 1. The molecule has 0 aliphatic carbocycles. The molecule has 0 aromatic carbocycles. The van der Waals surface area contributed by atoms with Crippen LogP contribution in [0.2, 0.25) is 0 Å². The lowest BCUT2D eigenvalue weighted by atomic mass is 10.2. The van der Waals surface area contributed by atoms with Crippen molar-refractivity contribution in [3.05, 3.63) is 23.2 Å². The second-order valence-electron chi connectivity index (χ2n) is 5.99. The van der Waals surface area contributed by atoms with Crippen LogP contribution in [0.25, 0.3) is 5.57 Å². The van der Waals surface area contributed by atoms with Crippen LogP contribution in [0.3, 0.4) is 0 Å². The zero-order valence-corrected chi connectivity index (χ0v) is 15.2. The van der Waals surface area contributed by atoms with E-state index in [1.807, 2.05) is 10.6 Å². The van der Waals surface area contributed by atoms with Gasteiger partial charge < -0.3 is 14.2 Å². The molecule has 2 aromatic rings. The largest absolute Gasteiger partial charge is 0.510 e. The molecule has 0 bridgehead atoms. The Morgan fingerprint density at radius 2 is 2.00 bits per heavy atom. The fourth-order valence-electron chi connectivity index (χ4n) is 2.81. The van der Waals surface area contributed by atoms with Gasteiger partial charge in [0.25, 0.3) is 0 Å². The molecular weight excluding hydrogens is 383 g/mol. The number of rotatable bonds is 4. The molecule has 12 heteroatoms. The van der Waals surface area contributed by atoms with Gasteiger partial charge in [0.15, 0.2) is 11.0 Å². The highest BCUT2D eigenvalue weighted by molar-refractivity contribution is 7.99. The number of hydrogen-bond donors (Lipinski definition) is 1. The minimum Gasteiger partial charge on any atom is -0.510 e. The van der Waals surface area contributed by atoms with Crippen molar-refractivity contribution in [3.8, 4) is 6.07 Å². The first kappa shape index (κ1) is 19.2. The van der Waals surface area contributed by atoms with Crippen LogP contribution in [-0.2, 0) is 26.2 Å². The van der Waals surface area contributed by atoms with E-state index in [1.54, 1.807) is 0 Å². The normalized spacial score (nSPS) is 15.7. The summed E-state index contributed by atoms with van der Waals surface area (Å²) >= 11 is 0.847. The van der Waals surface area contributed by atoms with E-state index in [1.165, 1.54) is 7.05 Å². The average molecular weight is 399 g/mol. The van der Waals surface area contributed by atoms with E-state index in [4.69, 9.17) is 0 Å². The highest BCUT2D eigenvalue weighted by atomic mass is 32.2. The summed E-state index contributed by atoms with van der Waals surface area (Å²) in [5.74, 6) is -0.523. The third kappa shape index (κ3) is 3.92. The first-order valence-electron chi connectivity index (χ1n) is 8.17. The molecule has 0 fully saturated rings. The molecule has 1 N–H and O–H groups in total. The molecule has 3 heterocycles. The number of thioether (sulfide) groups is 1. The number of allylic oxidation sites excluding steroid dienone is 1. The van der Waals surface area contributed by atoms with Crippen LogP contribution in [0.1, 0.15) is 36.7 Å². The van der Waals surface area contributed by atoms with Gasteiger partial charge in [-0.3, -0.25) is 0 Å². The van der Waals surface area contributed by atoms with Crippen molar-refractivity contribution in [2.75, 3.05) is 5.75 Å². The summed E-state index contributed by atoms with van der Waals surface area (Å²) < 4.78 is 40.9. The number of alkyl halides is 3. The Hall–Kier alpha value is -2.55. The minimum atomic E-state index is -4.62. The Morgan fingerprint density at radius 1 is 1.22 bits per heavy atom. The maximum Gasteiger partial charge on any atom is 0.451 e. The summed E-state index contributed by atoms with van der Waals surface area (Å²) in [6, 6.07) is 1.93. The lowest BCUT2D eigenvalue weighted by Crippen LogP contribution is -2.13. The molecular formula is C15H16F3N7OS. The molecule has 8 nitrogen and oxygen atoms in total. The number of aliphatic hydroxyl groups excluding tert-OH is 1. The van der Waals surface area contributed by atoms with Crippen molar-refractivity contribution in [2.24, 2.45) is 7.05 Å². The number of nitrogens with zero attached hydrogens (tertiary/aromatic N) is 7. The maximum atomic E-state index is 12.8. The Morgan fingerprint density at radius 3 is 2.67 bits per heavy atom. The van der Waals surface area contributed by atoms with Crippen molar-refractivity contribution in [1.29, 1.82) is 5.26 Å². The lowest BCUT2D eigenvalue weighted by molar-refractivity contribution is -0.147. The van der Waals surface area contributed by atoms with E-state index in [0.717, 1.165) is 47.8 Å². The number of aryl methyl sites for hydroxylation is 1. The van der Waals surface area contributed by atoms with Gasteiger partial charge in [0.1, 0.15) is 23.2 Å². The zero-order valence-electron chi connectivity index (χ0n) is 14.4. The topological polar surface area (TPSA) is 105 Å². The predicted molar refractivity (Wildman–Crippen MR) is 89.5 cm³/mol. The quantitative estimate of drug-likeness (QED) is 0.479. The Labute approximate surface area is 156 Å². The lowest BCUT2D eigenvalue weighted by Gasteiger charge is -2.08. The molecule has 1 aliphatic rings.